The minimum absolute atomic E-state index is 0.00107. The van der Waals surface area contributed by atoms with E-state index in [0.717, 1.165) is 49.1 Å². The molecule has 4 heteroatoms. The number of rotatable bonds is 4. The molecule has 2 atom stereocenters. The molecule has 30 heavy (non-hydrogen) atoms. The van der Waals surface area contributed by atoms with Crippen LogP contribution in [0.15, 0.2) is 47.3 Å². The number of hydrogen-bond acceptors (Lipinski definition) is 4. The number of hydrogen-bond donors (Lipinski definition) is 1. The van der Waals surface area contributed by atoms with Gasteiger partial charge in [-0.15, -0.1) is 0 Å². The first kappa shape index (κ1) is 20.9. The van der Waals surface area contributed by atoms with Gasteiger partial charge in [-0.2, -0.15) is 0 Å². The van der Waals surface area contributed by atoms with Gasteiger partial charge in [-0.05, 0) is 55.6 Å². The first-order chi connectivity index (χ1) is 14.3. The molecule has 1 aromatic carbocycles. The van der Waals surface area contributed by atoms with Crippen LogP contribution in [0, 0.1) is 11.3 Å². The predicted octanol–water partition coefficient (Wildman–Crippen LogP) is 5.19. The van der Waals surface area contributed by atoms with Crippen LogP contribution in [0.3, 0.4) is 0 Å². The fourth-order valence-electron chi connectivity index (χ4n) is 5.28. The maximum absolute atomic E-state index is 13.3. The summed E-state index contributed by atoms with van der Waals surface area (Å²) in [5.41, 5.74) is 4.41. The Hall–Kier alpha value is -2.36. The average Bonchev–Trinajstić information content (AvgIpc) is 3.18. The third-order valence-corrected chi connectivity index (χ3v) is 6.78. The van der Waals surface area contributed by atoms with E-state index < -0.39 is 0 Å². The maximum atomic E-state index is 13.3. The quantitative estimate of drug-likeness (QED) is 0.698. The minimum Gasteiger partial charge on any atom is -0.459 e. The molecular weight excluding hydrogens is 374 g/mol. The second-order valence-electron chi connectivity index (χ2n) is 9.76. The predicted molar refractivity (Wildman–Crippen MR) is 118 cm³/mol. The van der Waals surface area contributed by atoms with E-state index in [0.29, 0.717) is 12.0 Å². The van der Waals surface area contributed by atoms with Crippen LogP contribution < -0.4 is 5.32 Å². The van der Waals surface area contributed by atoms with Crippen LogP contribution in [-0.4, -0.2) is 17.9 Å². The Morgan fingerprint density at radius 3 is 2.43 bits per heavy atom. The molecule has 0 aromatic heterocycles. The highest BCUT2D eigenvalue weighted by Gasteiger charge is 2.46. The van der Waals surface area contributed by atoms with Crippen molar-refractivity contribution in [2.24, 2.45) is 11.3 Å². The molecule has 4 rings (SSSR count). The Labute approximate surface area is 179 Å². The summed E-state index contributed by atoms with van der Waals surface area (Å²) in [6, 6.07) is 8.37. The third-order valence-electron chi connectivity index (χ3n) is 6.78. The van der Waals surface area contributed by atoms with Crippen molar-refractivity contribution in [1.29, 1.82) is 0 Å². The number of carbonyl (C=O) groups is 2. The molecule has 1 heterocycles. The smallest absolute Gasteiger partial charge is 0.336 e. The molecule has 1 saturated carbocycles. The Morgan fingerprint density at radius 1 is 1.13 bits per heavy atom. The van der Waals surface area contributed by atoms with E-state index in [-0.39, 0.29) is 35.1 Å². The zero-order valence-electron chi connectivity index (χ0n) is 18.6. The number of Topliss-reactive ketones (excluding diaryl/α,β-unsaturated/α-hetero) is 1. The van der Waals surface area contributed by atoms with Crippen molar-refractivity contribution in [2.75, 3.05) is 0 Å². The standard InChI is InChI=1S/C26H33NO3/c1-5-17-10-12-18(13-11-17)23-22(25(29)30-19-8-6-7-9-19)16(2)27-20-14-26(3,4)15-21(28)24(20)23/h10-14,19,23-24,27H,5-9,15H2,1-4H3. The molecular formula is C26H33NO3. The number of aryl methyl sites for hydroxylation is 1. The first-order valence-corrected chi connectivity index (χ1v) is 11.3. The van der Waals surface area contributed by atoms with Gasteiger partial charge in [0.2, 0.25) is 0 Å². The third kappa shape index (κ3) is 3.97. The zero-order valence-corrected chi connectivity index (χ0v) is 18.6. The monoisotopic (exact) mass is 407 g/mol. The fraction of sp³-hybridized carbons (Fsp3) is 0.538. The van der Waals surface area contributed by atoms with Crippen LogP contribution in [0.4, 0.5) is 0 Å². The number of nitrogens with one attached hydrogen (secondary N) is 1. The van der Waals surface area contributed by atoms with Crippen molar-refractivity contribution in [3.05, 3.63) is 58.4 Å². The van der Waals surface area contributed by atoms with Crippen molar-refractivity contribution >= 4 is 11.8 Å². The average molecular weight is 408 g/mol. The lowest BCUT2D eigenvalue weighted by atomic mass is 9.66. The number of fused-ring (bicyclic) bond motifs is 1. The molecule has 160 valence electrons. The molecule has 0 bridgehead atoms. The van der Waals surface area contributed by atoms with Gasteiger partial charge in [0.1, 0.15) is 11.9 Å². The van der Waals surface area contributed by atoms with Crippen LogP contribution in [0.25, 0.3) is 0 Å². The van der Waals surface area contributed by atoms with Gasteiger partial charge < -0.3 is 10.1 Å². The van der Waals surface area contributed by atoms with Crippen molar-refractivity contribution in [1.82, 2.24) is 5.32 Å². The van der Waals surface area contributed by atoms with Gasteiger partial charge in [0, 0.05) is 23.7 Å². The van der Waals surface area contributed by atoms with Gasteiger partial charge in [-0.25, -0.2) is 4.79 Å². The van der Waals surface area contributed by atoms with E-state index in [1.807, 2.05) is 6.92 Å². The summed E-state index contributed by atoms with van der Waals surface area (Å²) in [6.45, 7) is 8.23. The Kier molecular flexibility index (Phi) is 5.61. The molecule has 1 N–H and O–H groups in total. The van der Waals surface area contributed by atoms with Crippen LogP contribution in [-0.2, 0) is 20.7 Å². The summed E-state index contributed by atoms with van der Waals surface area (Å²) in [6.07, 6.45) is 7.70. The topological polar surface area (TPSA) is 55.4 Å². The molecule has 2 aliphatic carbocycles. The summed E-state index contributed by atoms with van der Waals surface area (Å²) < 4.78 is 5.91. The normalized spacial score (nSPS) is 26.1. The summed E-state index contributed by atoms with van der Waals surface area (Å²) >= 11 is 0. The van der Waals surface area contributed by atoms with Gasteiger partial charge in [-0.1, -0.05) is 51.1 Å². The van der Waals surface area contributed by atoms with Gasteiger partial charge in [0.15, 0.2) is 0 Å². The fourth-order valence-corrected chi connectivity index (χ4v) is 5.28. The highest BCUT2D eigenvalue weighted by molar-refractivity contribution is 5.96. The molecule has 1 aliphatic heterocycles. The van der Waals surface area contributed by atoms with Crippen molar-refractivity contribution < 1.29 is 14.3 Å². The molecule has 1 aromatic rings. The lowest BCUT2D eigenvalue weighted by molar-refractivity contribution is -0.144. The van der Waals surface area contributed by atoms with Gasteiger partial charge in [0.05, 0.1) is 11.5 Å². The Balaban J connectivity index is 1.78. The molecule has 2 unspecified atom stereocenters. The summed E-state index contributed by atoms with van der Waals surface area (Å²) in [5.74, 6) is -0.748. The molecule has 3 aliphatic rings. The number of ketones is 1. The number of benzene rings is 1. The van der Waals surface area contributed by atoms with E-state index in [1.54, 1.807) is 0 Å². The van der Waals surface area contributed by atoms with E-state index >= 15 is 0 Å². The lowest BCUT2D eigenvalue weighted by Gasteiger charge is -2.41. The maximum Gasteiger partial charge on any atom is 0.336 e. The highest BCUT2D eigenvalue weighted by atomic mass is 16.5. The summed E-state index contributed by atoms with van der Waals surface area (Å²) in [4.78, 5) is 26.6. The van der Waals surface area contributed by atoms with Crippen molar-refractivity contribution in [3.8, 4) is 0 Å². The molecule has 0 radical (unpaired) electrons. The minimum atomic E-state index is -0.361. The molecule has 0 saturated heterocycles. The van der Waals surface area contributed by atoms with Crippen LogP contribution in [0.1, 0.15) is 76.8 Å². The number of allylic oxidation sites excluding steroid dienone is 3. The second-order valence-corrected chi connectivity index (χ2v) is 9.76. The lowest BCUT2D eigenvalue weighted by Crippen LogP contribution is -2.43. The molecule has 4 nitrogen and oxygen atoms in total. The first-order valence-electron chi connectivity index (χ1n) is 11.3. The van der Waals surface area contributed by atoms with E-state index in [2.05, 4.69) is 56.4 Å². The zero-order chi connectivity index (χ0) is 21.5. The molecule has 0 amide bonds. The Morgan fingerprint density at radius 2 is 1.80 bits per heavy atom. The summed E-state index contributed by atoms with van der Waals surface area (Å²) in [7, 11) is 0. The number of esters is 1. The SMILES string of the molecule is CCc1ccc(C2C(C(=O)OC3CCCC3)=C(C)NC3=CC(C)(C)CC(=O)C32)cc1. The van der Waals surface area contributed by atoms with Crippen LogP contribution in [0.5, 0.6) is 0 Å². The van der Waals surface area contributed by atoms with Crippen molar-refractivity contribution in [2.45, 2.75) is 78.2 Å². The van der Waals surface area contributed by atoms with E-state index in [1.165, 1.54) is 5.56 Å². The Bertz CT molecular complexity index is 901. The second kappa shape index (κ2) is 8.05. The van der Waals surface area contributed by atoms with Gasteiger partial charge >= 0.3 is 5.97 Å². The van der Waals surface area contributed by atoms with Crippen LogP contribution in [0.2, 0.25) is 0 Å². The van der Waals surface area contributed by atoms with Crippen LogP contribution >= 0.6 is 0 Å². The van der Waals surface area contributed by atoms with Gasteiger partial charge in [-0.3, -0.25) is 4.79 Å². The molecule has 1 fully saturated rings. The van der Waals surface area contributed by atoms with E-state index in [4.69, 9.17) is 4.74 Å². The number of ether oxygens (including phenoxy) is 1. The molecule has 0 spiro atoms. The summed E-state index contributed by atoms with van der Waals surface area (Å²) in [5, 5.41) is 3.40. The number of carbonyl (C=O) groups excluding carboxylic acids is 2. The highest BCUT2D eigenvalue weighted by Crippen LogP contribution is 2.47. The largest absolute Gasteiger partial charge is 0.459 e. The van der Waals surface area contributed by atoms with E-state index in [9.17, 15) is 9.59 Å². The van der Waals surface area contributed by atoms with Crippen molar-refractivity contribution in [3.63, 3.8) is 0 Å². The van der Waals surface area contributed by atoms with Gasteiger partial charge in [0.25, 0.3) is 0 Å².